The predicted molar refractivity (Wildman–Crippen MR) is 142 cm³/mol. The normalized spacial score (nSPS) is 18.8. The number of guanidine groups is 1. The first-order valence-corrected chi connectivity index (χ1v) is 12.0. The van der Waals surface area contributed by atoms with Gasteiger partial charge in [0.1, 0.15) is 0 Å². The van der Waals surface area contributed by atoms with Gasteiger partial charge in [0.05, 0.1) is 19.3 Å². The number of hydrogen-bond donors (Lipinski definition) is 2. The third-order valence-corrected chi connectivity index (χ3v) is 5.88. The molecule has 0 bridgehead atoms. The number of likely N-dealkylation sites (tertiary alicyclic amines) is 1. The standard InChI is InChI=1S/C24H41N5O2.HI/c1-2-25-24(27-12-15-28-16-19-30-20-17-28)26-11-6-18-31-23-9-13-29(14-10-23)21-22-7-4-3-5-8-22;/h3-5,7-8,23H,2,6,9-21H2,1H3,(H2,25,26,27);1H. The van der Waals surface area contributed by atoms with Crippen molar-refractivity contribution < 1.29 is 9.47 Å². The Labute approximate surface area is 211 Å². The Kier molecular flexibility index (Phi) is 14.2. The predicted octanol–water partition coefficient (Wildman–Crippen LogP) is 2.56. The molecule has 1 aromatic rings. The van der Waals surface area contributed by atoms with E-state index < -0.39 is 0 Å². The Morgan fingerprint density at radius 1 is 1.06 bits per heavy atom. The SMILES string of the molecule is CCNC(=NCCCOC1CCN(Cc2ccccc2)CC1)NCCN1CCOCC1.I. The number of nitrogens with zero attached hydrogens (tertiary/aromatic N) is 3. The molecule has 0 unspecified atom stereocenters. The molecule has 32 heavy (non-hydrogen) atoms. The molecule has 3 rings (SSSR count). The van der Waals surface area contributed by atoms with E-state index in [4.69, 9.17) is 14.5 Å². The lowest BCUT2D eigenvalue weighted by Crippen LogP contribution is -2.44. The second-order valence-corrected chi connectivity index (χ2v) is 8.33. The highest BCUT2D eigenvalue weighted by atomic mass is 127. The second kappa shape index (κ2) is 16.6. The van der Waals surface area contributed by atoms with E-state index in [2.05, 4.69) is 57.7 Å². The Morgan fingerprint density at radius 2 is 1.81 bits per heavy atom. The number of hydrogen-bond acceptors (Lipinski definition) is 5. The van der Waals surface area contributed by atoms with Crippen LogP contribution in [0.25, 0.3) is 0 Å². The number of rotatable bonds is 11. The van der Waals surface area contributed by atoms with Crippen LogP contribution in [0.3, 0.4) is 0 Å². The van der Waals surface area contributed by atoms with E-state index >= 15 is 0 Å². The van der Waals surface area contributed by atoms with Gasteiger partial charge >= 0.3 is 0 Å². The molecule has 0 atom stereocenters. The summed E-state index contributed by atoms with van der Waals surface area (Å²) in [7, 11) is 0. The summed E-state index contributed by atoms with van der Waals surface area (Å²) < 4.78 is 11.5. The van der Waals surface area contributed by atoms with Crippen LogP contribution in [0.1, 0.15) is 31.7 Å². The molecule has 1 aromatic carbocycles. The molecule has 0 aliphatic carbocycles. The van der Waals surface area contributed by atoms with Crippen LogP contribution in [-0.4, -0.2) is 94.0 Å². The maximum absolute atomic E-state index is 6.13. The van der Waals surface area contributed by atoms with Gasteiger partial charge in [-0.2, -0.15) is 0 Å². The van der Waals surface area contributed by atoms with Crippen molar-refractivity contribution in [1.29, 1.82) is 0 Å². The average molecular weight is 560 g/mol. The zero-order valence-electron chi connectivity index (χ0n) is 19.6. The molecule has 8 heteroatoms. The van der Waals surface area contributed by atoms with Crippen molar-refractivity contribution in [2.45, 2.75) is 38.8 Å². The number of morpholine rings is 1. The van der Waals surface area contributed by atoms with Crippen molar-refractivity contribution in [3.05, 3.63) is 35.9 Å². The number of piperidine rings is 1. The van der Waals surface area contributed by atoms with E-state index in [-0.39, 0.29) is 24.0 Å². The van der Waals surface area contributed by atoms with Crippen molar-refractivity contribution in [3.8, 4) is 0 Å². The van der Waals surface area contributed by atoms with Crippen LogP contribution in [0.5, 0.6) is 0 Å². The largest absolute Gasteiger partial charge is 0.379 e. The van der Waals surface area contributed by atoms with Crippen molar-refractivity contribution in [2.24, 2.45) is 4.99 Å². The van der Waals surface area contributed by atoms with Crippen molar-refractivity contribution in [3.63, 3.8) is 0 Å². The fraction of sp³-hybridized carbons (Fsp3) is 0.708. The minimum atomic E-state index is 0. The van der Waals surface area contributed by atoms with Crippen molar-refractivity contribution in [2.75, 3.05) is 72.2 Å². The third kappa shape index (κ3) is 10.8. The van der Waals surface area contributed by atoms with Crippen LogP contribution in [-0.2, 0) is 16.0 Å². The van der Waals surface area contributed by atoms with Gasteiger partial charge in [0.2, 0.25) is 0 Å². The fourth-order valence-corrected chi connectivity index (χ4v) is 4.08. The van der Waals surface area contributed by atoms with E-state index in [1.54, 1.807) is 0 Å². The van der Waals surface area contributed by atoms with Gasteiger partial charge in [0.15, 0.2) is 5.96 Å². The first kappa shape index (κ1) is 27.3. The van der Waals surface area contributed by atoms with Crippen LogP contribution < -0.4 is 10.6 Å². The van der Waals surface area contributed by atoms with Gasteiger partial charge in [-0.1, -0.05) is 30.3 Å². The van der Waals surface area contributed by atoms with Gasteiger partial charge in [0, 0.05) is 65.5 Å². The van der Waals surface area contributed by atoms with Gasteiger partial charge < -0.3 is 20.1 Å². The summed E-state index contributed by atoms with van der Waals surface area (Å²) in [4.78, 5) is 9.66. The molecular formula is C24H42IN5O2. The fourth-order valence-electron chi connectivity index (χ4n) is 4.08. The minimum Gasteiger partial charge on any atom is -0.379 e. The number of ether oxygens (including phenoxy) is 2. The van der Waals surface area contributed by atoms with Crippen LogP contribution in [0.15, 0.2) is 35.3 Å². The lowest BCUT2D eigenvalue weighted by molar-refractivity contribution is 0.00566. The number of nitrogens with one attached hydrogen (secondary N) is 2. The molecule has 0 aromatic heterocycles. The number of aliphatic imine (C=N–C) groups is 1. The molecule has 0 saturated carbocycles. The Morgan fingerprint density at radius 3 is 2.53 bits per heavy atom. The number of benzene rings is 1. The molecule has 2 aliphatic heterocycles. The lowest BCUT2D eigenvalue weighted by Gasteiger charge is -2.31. The van der Waals surface area contributed by atoms with E-state index in [1.165, 1.54) is 5.56 Å². The Balaban J connectivity index is 0.00000363. The van der Waals surface area contributed by atoms with Crippen molar-refractivity contribution >= 4 is 29.9 Å². The molecule has 2 heterocycles. The first-order chi connectivity index (χ1) is 15.3. The monoisotopic (exact) mass is 559 g/mol. The first-order valence-electron chi connectivity index (χ1n) is 12.0. The van der Waals surface area contributed by atoms with E-state index in [9.17, 15) is 0 Å². The molecule has 7 nitrogen and oxygen atoms in total. The maximum atomic E-state index is 6.13. The summed E-state index contributed by atoms with van der Waals surface area (Å²) in [6, 6.07) is 10.7. The van der Waals surface area contributed by atoms with Gasteiger partial charge in [-0.25, -0.2) is 0 Å². The van der Waals surface area contributed by atoms with Gasteiger partial charge in [-0.05, 0) is 31.7 Å². The van der Waals surface area contributed by atoms with E-state index in [0.29, 0.717) is 6.10 Å². The van der Waals surface area contributed by atoms with Crippen LogP contribution in [0, 0.1) is 0 Å². The highest BCUT2D eigenvalue weighted by molar-refractivity contribution is 14.0. The molecule has 2 aliphatic rings. The molecular weight excluding hydrogens is 517 g/mol. The van der Waals surface area contributed by atoms with Gasteiger partial charge in [0.25, 0.3) is 0 Å². The zero-order chi connectivity index (χ0) is 21.6. The summed E-state index contributed by atoms with van der Waals surface area (Å²) in [5.41, 5.74) is 1.40. The van der Waals surface area contributed by atoms with E-state index in [1.807, 2.05) is 0 Å². The molecule has 2 N–H and O–H groups in total. The summed E-state index contributed by atoms with van der Waals surface area (Å²) in [6.45, 7) is 13.5. The molecule has 0 radical (unpaired) electrons. The molecule has 2 fully saturated rings. The van der Waals surface area contributed by atoms with Crippen LogP contribution >= 0.6 is 24.0 Å². The maximum Gasteiger partial charge on any atom is 0.191 e. The van der Waals surface area contributed by atoms with Crippen molar-refractivity contribution in [1.82, 2.24) is 20.4 Å². The van der Waals surface area contributed by atoms with Gasteiger partial charge in [-0.3, -0.25) is 14.8 Å². The molecule has 182 valence electrons. The van der Waals surface area contributed by atoms with E-state index in [0.717, 1.165) is 104 Å². The van der Waals surface area contributed by atoms with Crippen LogP contribution in [0.2, 0.25) is 0 Å². The van der Waals surface area contributed by atoms with Crippen LogP contribution in [0.4, 0.5) is 0 Å². The summed E-state index contributed by atoms with van der Waals surface area (Å²) >= 11 is 0. The highest BCUT2D eigenvalue weighted by Crippen LogP contribution is 2.16. The Hall–Kier alpha value is -0.940. The zero-order valence-corrected chi connectivity index (χ0v) is 22.0. The van der Waals surface area contributed by atoms with Gasteiger partial charge in [-0.15, -0.1) is 24.0 Å². The Bertz CT molecular complexity index is 620. The second-order valence-electron chi connectivity index (χ2n) is 8.33. The quantitative estimate of drug-likeness (QED) is 0.188. The molecule has 0 amide bonds. The molecule has 2 saturated heterocycles. The average Bonchev–Trinajstić information content (AvgIpc) is 2.81. The highest BCUT2D eigenvalue weighted by Gasteiger charge is 2.19. The minimum absolute atomic E-state index is 0. The topological polar surface area (TPSA) is 61.4 Å². The molecule has 0 spiro atoms. The summed E-state index contributed by atoms with van der Waals surface area (Å²) in [6.07, 6.45) is 3.62. The summed E-state index contributed by atoms with van der Waals surface area (Å²) in [5, 5.41) is 6.78. The summed E-state index contributed by atoms with van der Waals surface area (Å²) in [5.74, 6) is 0.907. The smallest absolute Gasteiger partial charge is 0.191 e. The lowest BCUT2D eigenvalue weighted by atomic mass is 10.1. The third-order valence-electron chi connectivity index (χ3n) is 5.88. The number of halogens is 1.